The molecule has 10 aromatic rings. The smallest absolute Gasteiger partial charge is 0.168 e. The molecule has 0 aliphatic heterocycles. The van der Waals surface area contributed by atoms with Crippen LogP contribution in [0.25, 0.3) is 97.0 Å². The van der Waals surface area contributed by atoms with Crippen molar-refractivity contribution in [2.75, 3.05) is 42.7 Å². The summed E-state index contributed by atoms with van der Waals surface area (Å²) in [7, 11) is 9.62. The van der Waals surface area contributed by atoms with Crippen LogP contribution in [0.5, 0.6) is 34.5 Å². The second kappa shape index (κ2) is 14.7. The van der Waals surface area contributed by atoms with Gasteiger partial charge in [0.25, 0.3) is 0 Å². The van der Waals surface area contributed by atoms with Crippen LogP contribution in [0.4, 0.5) is 0 Å². The highest BCUT2D eigenvalue weighted by atomic mass is 16.5. The predicted molar refractivity (Wildman–Crippen MR) is 250 cm³/mol. The van der Waals surface area contributed by atoms with Crippen molar-refractivity contribution < 1.29 is 32.5 Å². The Morgan fingerprint density at radius 1 is 0.267 bits per heavy atom. The third-order valence-corrected chi connectivity index (χ3v) is 11.7. The Kier molecular flexibility index (Phi) is 8.24. The number of methoxy groups -OCH3 is 6. The molecule has 0 heterocycles. The maximum atomic E-state index is 9.97. The van der Waals surface area contributed by atoms with E-state index in [0.29, 0.717) is 66.8 Å². The molecule has 10 rings (SSSR count). The molecule has 0 aliphatic rings. The molecule has 10 aromatic carbocycles. The topological polar surface area (TPSA) is 55.4 Å². The van der Waals surface area contributed by atoms with Gasteiger partial charge in [-0.25, -0.2) is 0 Å². The average molecular weight is 790 g/mol. The Morgan fingerprint density at radius 2 is 0.517 bits per heavy atom. The van der Waals surface area contributed by atoms with Crippen molar-refractivity contribution in [1.82, 2.24) is 0 Å². The van der Waals surface area contributed by atoms with Crippen LogP contribution in [-0.4, -0.2) is 42.7 Å². The molecule has 294 valence electrons. The van der Waals surface area contributed by atoms with Crippen LogP contribution >= 0.6 is 0 Å². The molecule has 0 radical (unpaired) electrons. The zero-order valence-electron chi connectivity index (χ0n) is 37.1. The van der Waals surface area contributed by atoms with Crippen LogP contribution < -0.4 is 28.4 Å². The van der Waals surface area contributed by atoms with Gasteiger partial charge in [0.1, 0.15) is 0 Å². The fraction of sp³-hybridized carbons (Fsp3) is 0.111. The lowest BCUT2D eigenvalue weighted by molar-refractivity contribution is 0.359. The first-order valence-corrected chi connectivity index (χ1v) is 19.6. The van der Waals surface area contributed by atoms with E-state index in [1.165, 1.54) is 0 Å². The number of hydrogen-bond donors (Lipinski definition) is 0. The van der Waals surface area contributed by atoms with Gasteiger partial charge in [-0.3, -0.25) is 0 Å². The Labute approximate surface area is 351 Å². The molecule has 0 aliphatic carbocycles. The summed E-state index contributed by atoms with van der Waals surface area (Å²) in [6.45, 7) is 0. The van der Waals surface area contributed by atoms with E-state index in [1.54, 1.807) is 42.7 Å². The second-order valence-electron chi connectivity index (χ2n) is 14.6. The molecule has 6 bridgehead atoms. The van der Waals surface area contributed by atoms with E-state index < -0.39 is 0 Å². The molecule has 0 saturated carbocycles. The average Bonchev–Trinajstić information content (AvgIpc) is 3.32. The summed E-state index contributed by atoms with van der Waals surface area (Å²) in [6.07, 6.45) is 0. The van der Waals surface area contributed by atoms with E-state index in [1.807, 2.05) is 127 Å². The number of hydrogen-bond acceptors (Lipinski definition) is 6. The standard InChI is InChI=1S/C54H42O6/c1-55-49-28-46-37-16-10-7-13-34(37)32-20-23-41-45-27-33(36-15-9-12-18-39(36)48(45)30-51(57-3)53(41)59-5)21-24-42-44-26-31(19-22-40(43(46)25-32)52(49)58-4)35-14-8-11-17-38(35)47(44)29-50(56-2)54(42)60-6/h7-30H,1-6H3/i19D,20D,21D. The molecule has 6 nitrogen and oxygen atoms in total. The van der Waals surface area contributed by atoms with Gasteiger partial charge in [-0.05, 0) is 135 Å². The fourth-order valence-electron chi connectivity index (χ4n) is 9.01. The van der Waals surface area contributed by atoms with E-state index in [2.05, 4.69) is 0 Å². The summed E-state index contributed by atoms with van der Waals surface area (Å²) in [6, 6.07) is 42.1. The van der Waals surface area contributed by atoms with Gasteiger partial charge in [-0.2, -0.15) is 0 Å². The van der Waals surface area contributed by atoms with Crippen LogP contribution in [0, 0.1) is 0 Å². The number of ether oxygens (including phenoxy) is 6. The number of benzene rings is 9. The van der Waals surface area contributed by atoms with Gasteiger partial charge >= 0.3 is 0 Å². The van der Waals surface area contributed by atoms with Crippen LogP contribution in [0.2, 0.25) is 0 Å². The maximum Gasteiger partial charge on any atom is 0.168 e. The lowest BCUT2D eigenvalue weighted by atomic mass is 9.94. The van der Waals surface area contributed by atoms with Crippen molar-refractivity contribution in [2.24, 2.45) is 0 Å². The van der Waals surface area contributed by atoms with E-state index in [-0.39, 0.29) is 18.1 Å². The molecular weight excluding hydrogens is 745 g/mol. The summed E-state index contributed by atoms with van der Waals surface area (Å²) in [4.78, 5) is 0. The Morgan fingerprint density at radius 3 is 0.767 bits per heavy atom. The van der Waals surface area contributed by atoms with E-state index in [9.17, 15) is 4.11 Å². The van der Waals surface area contributed by atoms with Crippen molar-refractivity contribution in [3.63, 3.8) is 0 Å². The second-order valence-corrected chi connectivity index (χ2v) is 14.6. The number of rotatable bonds is 6. The third kappa shape index (κ3) is 5.63. The van der Waals surface area contributed by atoms with Crippen LogP contribution in [0.3, 0.4) is 0 Å². The van der Waals surface area contributed by atoms with Gasteiger partial charge in [-0.1, -0.05) is 90.9 Å². The van der Waals surface area contributed by atoms with Gasteiger partial charge in [-0.15, -0.1) is 0 Å². The van der Waals surface area contributed by atoms with E-state index >= 15 is 0 Å². The fourth-order valence-corrected chi connectivity index (χ4v) is 9.01. The van der Waals surface area contributed by atoms with Gasteiger partial charge in [0.2, 0.25) is 0 Å². The number of fused-ring (bicyclic) bond motifs is 12. The van der Waals surface area contributed by atoms with Crippen molar-refractivity contribution >= 4 is 97.0 Å². The van der Waals surface area contributed by atoms with Crippen LogP contribution in [0.1, 0.15) is 4.11 Å². The highest BCUT2D eigenvalue weighted by Gasteiger charge is 2.18. The maximum absolute atomic E-state index is 9.97. The molecule has 0 N–H and O–H groups in total. The minimum atomic E-state index is 0.219. The van der Waals surface area contributed by atoms with Crippen molar-refractivity contribution in [3.8, 4) is 34.5 Å². The molecule has 60 heavy (non-hydrogen) atoms. The van der Waals surface area contributed by atoms with Crippen molar-refractivity contribution in [2.45, 2.75) is 0 Å². The molecule has 0 atom stereocenters. The molecular formula is C54H42O6. The van der Waals surface area contributed by atoms with Gasteiger partial charge in [0, 0.05) is 16.2 Å². The zero-order chi connectivity index (χ0) is 43.7. The molecule has 0 unspecified atom stereocenters. The lowest BCUT2D eigenvalue weighted by Crippen LogP contribution is -1.93. The molecule has 0 amide bonds. The first kappa shape index (κ1) is 33.5. The monoisotopic (exact) mass is 789 g/mol. The largest absolute Gasteiger partial charge is 0.493 e. The predicted octanol–water partition coefficient (Wildman–Crippen LogP) is 13.8. The van der Waals surface area contributed by atoms with Crippen LogP contribution in [0.15, 0.2) is 146 Å². The van der Waals surface area contributed by atoms with E-state index in [0.717, 1.165) is 64.6 Å². The summed E-state index contributed by atoms with van der Waals surface area (Å²) in [5.41, 5.74) is 0. The van der Waals surface area contributed by atoms with Gasteiger partial charge in [0.05, 0.1) is 46.8 Å². The van der Waals surface area contributed by atoms with Crippen molar-refractivity contribution in [3.05, 3.63) is 146 Å². The van der Waals surface area contributed by atoms with Crippen LogP contribution in [-0.2, 0) is 0 Å². The quantitative estimate of drug-likeness (QED) is 0.156. The first-order valence-electron chi connectivity index (χ1n) is 21.1. The zero-order valence-corrected chi connectivity index (χ0v) is 34.1. The molecule has 0 fully saturated rings. The highest BCUT2D eigenvalue weighted by Crippen LogP contribution is 2.46. The summed E-state index contributed by atoms with van der Waals surface area (Å²) in [5.74, 6) is 2.91. The molecule has 6 heteroatoms. The van der Waals surface area contributed by atoms with Crippen molar-refractivity contribution in [1.29, 1.82) is 0 Å². The molecule has 0 spiro atoms. The summed E-state index contributed by atoms with van der Waals surface area (Å²) < 4.78 is 66.2. The van der Waals surface area contributed by atoms with Gasteiger partial charge in [0.15, 0.2) is 34.5 Å². The summed E-state index contributed by atoms with van der Waals surface area (Å²) in [5, 5.41) is 14.1. The van der Waals surface area contributed by atoms with Gasteiger partial charge < -0.3 is 28.4 Å². The Balaban J connectivity index is 1.59. The Bertz CT molecular complexity index is 3310. The minimum absolute atomic E-state index is 0.219. The van der Waals surface area contributed by atoms with E-state index in [4.69, 9.17) is 28.4 Å². The highest BCUT2D eigenvalue weighted by molar-refractivity contribution is 6.24. The normalized spacial score (nSPS) is 12.2. The Hall–Kier alpha value is -7.44. The lowest BCUT2D eigenvalue weighted by Gasteiger charge is -2.15. The third-order valence-electron chi connectivity index (χ3n) is 11.7. The molecule has 0 saturated heterocycles. The minimum Gasteiger partial charge on any atom is -0.493 e. The molecule has 0 aromatic heterocycles. The summed E-state index contributed by atoms with van der Waals surface area (Å²) >= 11 is 0. The SMILES string of the molecule is [2H]c1cc2c(OC)c(OC)cc3c2cc(c([2H])cc2c(OC)c(OC)cc4c2cc(c([2H])cc2c(OC)c(OC)cc5c2cc1c1ccccc15)c1ccccc14)c1ccccc13. The first-order chi connectivity index (χ1) is 30.7.